The fourth-order valence-corrected chi connectivity index (χ4v) is 3.14. The normalized spacial score (nSPS) is 12.2. The van der Waals surface area contributed by atoms with Gasteiger partial charge in [0.15, 0.2) is 5.78 Å². The van der Waals surface area contributed by atoms with E-state index in [1.807, 2.05) is 20.2 Å². The fourth-order valence-electron chi connectivity index (χ4n) is 2.75. The summed E-state index contributed by atoms with van der Waals surface area (Å²) in [5.74, 6) is -0.204. The summed E-state index contributed by atoms with van der Waals surface area (Å²) < 4.78 is 1.69. The van der Waals surface area contributed by atoms with Crippen LogP contribution in [0.2, 0.25) is 10.0 Å². The highest BCUT2D eigenvalue weighted by Crippen LogP contribution is 2.32. The second kappa shape index (κ2) is 7.00. The van der Waals surface area contributed by atoms with Crippen LogP contribution < -0.4 is 5.73 Å². The number of aromatic nitrogens is 2. The van der Waals surface area contributed by atoms with Crippen LogP contribution in [0.3, 0.4) is 0 Å². The van der Waals surface area contributed by atoms with E-state index in [9.17, 15) is 4.79 Å². The molecule has 3 aromatic rings. The van der Waals surface area contributed by atoms with Crippen LogP contribution in [0.25, 0.3) is 11.3 Å². The van der Waals surface area contributed by atoms with E-state index in [1.165, 1.54) is 0 Å². The van der Waals surface area contributed by atoms with Crippen molar-refractivity contribution in [3.8, 4) is 11.3 Å². The first-order chi connectivity index (χ1) is 11.9. The number of nitrogens with zero attached hydrogens (tertiary/aromatic N) is 2. The topological polar surface area (TPSA) is 60.9 Å². The summed E-state index contributed by atoms with van der Waals surface area (Å²) in [6.07, 6.45) is 1.86. The monoisotopic (exact) mass is 373 g/mol. The highest BCUT2D eigenvalue weighted by atomic mass is 35.5. The van der Waals surface area contributed by atoms with Crippen LogP contribution in [-0.2, 0) is 7.05 Å². The minimum absolute atomic E-state index is 0.204. The van der Waals surface area contributed by atoms with Gasteiger partial charge < -0.3 is 5.73 Å². The molecule has 128 valence electrons. The summed E-state index contributed by atoms with van der Waals surface area (Å²) in [5.41, 5.74) is 9.15. The Morgan fingerprint density at radius 1 is 1.16 bits per heavy atom. The van der Waals surface area contributed by atoms with Crippen molar-refractivity contribution in [1.82, 2.24) is 9.78 Å². The van der Waals surface area contributed by atoms with Crippen molar-refractivity contribution in [1.29, 1.82) is 0 Å². The van der Waals surface area contributed by atoms with Crippen LogP contribution in [0, 0.1) is 0 Å². The molecule has 1 atom stereocenters. The van der Waals surface area contributed by atoms with Gasteiger partial charge in [-0.25, -0.2) is 0 Å². The largest absolute Gasteiger partial charge is 0.324 e. The van der Waals surface area contributed by atoms with Crippen molar-refractivity contribution >= 4 is 29.0 Å². The molecular weight excluding hydrogens is 357 g/mol. The number of rotatable bonds is 4. The van der Waals surface area contributed by atoms with Crippen molar-refractivity contribution in [2.45, 2.75) is 13.0 Å². The van der Waals surface area contributed by atoms with E-state index in [-0.39, 0.29) is 11.8 Å². The van der Waals surface area contributed by atoms with Gasteiger partial charge in [-0.1, -0.05) is 41.4 Å². The molecule has 2 aromatic carbocycles. The molecule has 25 heavy (non-hydrogen) atoms. The molecule has 0 aliphatic rings. The summed E-state index contributed by atoms with van der Waals surface area (Å²) in [6, 6.07) is 11.9. The molecule has 6 heteroatoms. The molecule has 0 saturated carbocycles. The first-order valence-electron chi connectivity index (χ1n) is 7.76. The first kappa shape index (κ1) is 17.7. The third kappa shape index (κ3) is 3.47. The molecule has 4 nitrogen and oxygen atoms in total. The van der Waals surface area contributed by atoms with Gasteiger partial charge in [0, 0.05) is 46.6 Å². The number of benzene rings is 2. The molecule has 0 aliphatic carbocycles. The lowest BCUT2D eigenvalue weighted by Crippen LogP contribution is -2.08. The van der Waals surface area contributed by atoms with Crippen LogP contribution in [0.4, 0.5) is 0 Å². The Bertz CT molecular complexity index is 948. The molecule has 1 aromatic heterocycles. The predicted octanol–water partition coefficient (Wildman–Crippen LogP) is 4.64. The molecule has 0 saturated heterocycles. The minimum atomic E-state index is -0.220. The molecule has 2 N–H and O–H groups in total. The average molecular weight is 374 g/mol. The Hall–Kier alpha value is -2.14. The quantitative estimate of drug-likeness (QED) is 0.677. The molecule has 0 fully saturated rings. The van der Waals surface area contributed by atoms with Crippen molar-refractivity contribution in [3.05, 3.63) is 75.4 Å². The Kier molecular flexibility index (Phi) is 4.95. The predicted molar refractivity (Wildman–Crippen MR) is 101 cm³/mol. The van der Waals surface area contributed by atoms with Crippen molar-refractivity contribution in [3.63, 3.8) is 0 Å². The van der Waals surface area contributed by atoms with Crippen LogP contribution in [-0.4, -0.2) is 15.6 Å². The molecule has 0 aliphatic heterocycles. The summed E-state index contributed by atoms with van der Waals surface area (Å²) >= 11 is 12.3. The Morgan fingerprint density at radius 2 is 1.88 bits per heavy atom. The van der Waals surface area contributed by atoms with E-state index in [4.69, 9.17) is 28.9 Å². The summed E-state index contributed by atoms with van der Waals surface area (Å²) in [7, 11) is 1.82. The maximum absolute atomic E-state index is 13.1. The van der Waals surface area contributed by atoms with Gasteiger partial charge in [-0.2, -0.15) is 5.10 Å². The zero-order valence-electron chi connectivity index (χ0n) is 13.8. The third-order valence-corrected chi connectivity index (χ3v) is 4.51. The minimum Gasteiger partial charge on any atom is -0.324 e. The van der Waals surface area contributed by atoms with Gasteiger partial charge in [0.05, 0.1) is 10.7 Å². The second-order valence-corrected chi connectivity index (χ2v) is 6.74. The number of hydrogen-bond donors (Lipinski definition) is 1. The SMILES string of the molecule is CC(N)c1cn(C)nc1-c1ccc(Cl)cc1C(=O)c1ccccc1Cl. The van der Waals surface area contributed by atoms with Crippen LogP contribution in [0.1, 0.15) is 34.5 Å². The number of halogens is 2. The van der Waals surface area contributed by atoms with Gasteiger partial charge in [0.2, 0.25) is 0 Å². The average Bonchev–Trinajstić information content (AvgIpc) is 2.96. The summed E-state index contributed by atoms with van der Waals surface area (Å²) in [4.78, 5) is 13.1. The lowest BCUT2D eigenvalue weighted by atomic mass is 9.94. The zero-order valence-corrected chi connectivity index (χ0v) is 15.3. The number of aryl methyl sites for hydroxylation is 1. The van der Waals surface area contributed by atoms with Crippen LogP contribution in [0.15, 0.2) is 48.7 Å². The first-order valence-corrected chi connectivity index (χ1v) is 8.52. The summed E-state index contributed by atoms with van der Waals surface area (Å²) in [6.45, 7) is 1.88. The molecule has 1 unspecified atom stereocenters. The maximum atomic E-state index is 13.1. The van der Waals surface area contributed by atoms with Crippen molar-refractivity contribution < 1.29 is 4.79 Å². The molecular formula is C19H17Cl2N3O. The van der Waals surface area contributed by atoms with Gasteiger partial charge in [-0.05, 0) is 31.2 Å². The van der Waals surface area contributed by atoms with Crippen LogP contribution >= 0.6 is 23.2 Å². The van der Waals surface area contributed by atoms with Gasteiger partial charge in [0.25, 0.3) is 0 Å². The zero-order chi connectivity index (χ0) is 18.1. The van der Waals surface area contributed by atoms with Crippen molar-refractivity contribution in [2.24, 2.45) is 12.8 Å². The smallest absolute Gasteiger partial charge is 0.195 e. The Morgan fingerprint density at radius 3 is 2.56 bits per heavy atom. The van der Waals surface area contributed by atoms with Crippen LogP contribution in [0.5, 0.6) is 0 Å². The van der Waals surface area contributed by atoms with E-state index in [0.717, 1.165) is 5.56 Å². The van der Waals surface area contributed by atoms with Gasteiger partial charge in [-0.15, -0.1) is 0 Å². The maximum Gasteiger partial charge on any atom is 0.195 e. The fraction of sp³-hybridized carbons (Fsp3) is 0.158. The number of nitrogens with two attached hydrogens (primary N) is 1. The molecule has 1 heterocycles. The van der Waals surface area contributed by atoms with Crippen molar-refractivity contribution in [2.75, 3.05) is 0 Å². The lowest BCUT2D eigenvalue weighted by Gasteiger charge is -2.12. The van der Waals surface area contributed by atoms with E-state index < -0.39 is 0 Å². The van der Waals surface area contributed by atoms with E-state index in [2.05, 4.69) is 5.10 Å². The molecule has 3 rings (SSSR count). The number of carbonyl (C=O) groups is 1. The van der Waals surface area contributed by atoms with E-state index in [0.29, 0.717) is 32.4 Å². The molecule has 0 amide bonds. The van der Waals surface area contributed by atoms with Gasteiger partial charge >= 0.3 is 0 Å². The summed E-state index contributed by atoms with van der Waals surface area (Å²) in [5, 5.41) is 5.36. The standard InChI is InChI=1S/C19H17Cl2N3O/c1-11(22)16-10-24(2)23-18(16)13-8-7-12(20)9-15(13)19(25)14-5-3-4-6-17(14)21/h3-11H,22H2,1-2H3. The highest BCUT2D eigenvalue weighted by molar-refractivity contribution is 6.35. The second-order valence-electron chi connectivity index (χ2n) is 5.89. The van der Waals surface area contributed by atoms with E-state index in [1.54, 1.807) is 47.1 Å². The Balaban J connectivity index is 2.21. The number of hydrogen-bond acceptors (Lipinski definition) is 3. The lowest BCUT2D eigenvalue weighted by molar-refractivity contribution is 0.103. The molecule has 0 bridgehead atoms. The number of ketones is 1. The van der Waals surface area contributed by atoms with Gasteiger partial charge in [0.1, 0.15) is 0 Å². The Labute approximate surface area is 156 Å². The molecule has 0 spiro atoms. The van der Waals surface area contributed by atoms with Gasteiger partial charge in [-0.3, -0.25) is 9.48 Å². The molecule has 0 radical (unpaired) electrons. The third-order valence-electron chi connectivity index (χ3n) is 3.95. The highest BCUT2D eigenvalue weighted by Gasteiger charge is 2.22. The van der Waals surface area contributed by atoms with E-state index >= 15 is 0 Å². The number of carbonyl (C=O) groups excluding carboxylic acids is 1.